The molecule has 0 spiro atoms. The zero-order valence-corrected chi connectivity index (χ0v) is 9.22. The second kappa shape index (κ2) is 2.29. The Labute approximate surface area is 81.7 Å². The summed E-state index contributed by atoms with van der Waals surface area (Å²) in [5.41, 5.74) is 2.39. The lowest BCUT2D eigenvalue weighted by Crippen LogP contribution is -2.15. The van der Waals surface area contributed by atoms with Gasteiger partial charge in [0, 0.05) is 0 Å². The minimum Gasteiger partial charge on any atom is -0.0988 e. The highest BCUT2D eigenvalue weighted by molar-refractivity contribution is 5.41. The van der Waals surface area contributed by atoms with Gasteiger partial charge in [-0.25, -0.2) is 0 Å². The molecule has 2 rings (SSSR count). The van der Waals surface area contributed by atoms with Gasteiger partial charge in [0.1, 0.15) is 0 Å². The van der Waals surface area contributed by atoms with Gasteiger partial charge in [-0.3, -0.25) is 0 Å². The molecule has 0 heterocycles. The van der Waals surface area contributed by atoms with E-state index in [0.717, 1.165) is 11.8 Å². The fraction of sp³-hybridized carbons (Fsp3) is 0.692. The van der Waals surface area contributed by atoms with Crippen molar-refractivity contribution in [3.05, 3.63) is 24.3 Å². The van der Waals surface area contributed by atoms with Crippen LogP contribution in [-0.2, 0) is 0 Å². The molecule has 0 nitrogen and oxygen atoms in total. The maximum Gasteiger partial charge on any atom is -0.00491 e. The summed E-state index contributed by atoms with van der Waals surface area (Å²) in [5.74, 6) is 1.67. The van der Waals surface area contributed by atoms with Crippen molar-refractivity contribution in [1.82, 2.24) is 0 Å². The summed E-state index contributed by atoms with van der Waals surface area (Å²) in [5, 5.41) is 0. The van der Waals surface area contributed by atoms with E-state index in [4.69, 9.17) is 0 Å². The van der Waals surface area contributed by atoms with Crippen molar-refractivity contribution < 1.29 is 0 Å². The largest absolute Gasteiger partial charge is 0.0988 e. The molecule has 0 aromatic carbocycles. The minimum absolute atomic E-state index is 0.381. The van der Waals surface area contributed by atoms with Crippen molar-refractivity contribution in [2.75, 3.05) is 0 Å². The molecular weight excluding hydrogens is 156 g/mol. The fourth-order valence-electron chi connectivity index (χ4n) is 3.18. The maximum atomic E-state index is 3.92. The molecule has 0 aromatic rings. The Balaban J connectivity index is 2.37. The third kappa shape index (κ3) is 0.920. The van der Waals surface area contributed by atoms with Crippen molar-refractivity contribution in [2.24, 2.45) is 22.7 Å². The van der Waals surface area contributed by atoms with E-state index in [0.29, 0.717) is 10.8 Å². The summed E-state index contributed by atoms with van der Waals surface area (Å²) < 4.78 is 0. The van der Waals surface area contributed by atoms with Crippen LogP contribution in [0.2, 0.25) is 0 Å². The highest BCUT2D eigenvalue weighted by Crippen LogP contribution is 2.72. The van der Waals surface area contributed by atoms with Crippen LogP contribution >= 0.6 is 0 Å². The summed E-state index contributed by atoms with van der Waals surface area (Å²) >= 11 is 0. The van der Waals surface area contributed by atoms with Crippen molar-refractivity contribution in [3.8, 4) is 0 Å². The molecule has 2 atom stereocenters. The van der Waals surface area contributed by atoms with E-state index in [1.165, 1.54) is 12.0 Å². The van der Waals surface area contributed by atoms with E-state index in [1.54, 1.807) is 0 Å². The molecule has 0 bridgehead atoms. The van der Waals surface area contributed by atoms with Gasteiger partial charge >= 0.3 is 0 Å². The maximum absolute atomic E-state index is 3.92. The van der Waals surface area contributed by atoms with E-state index in [2.05, 4.69) is 46.4 Å². The van der Waals surface area contributed by atoms with Crippen LogP contribution in [0, 0.1) is 22.7 Å². The zero-order valence-electron chi connectivity index (χ0n) is 9.22. The Bertz CT molecular complexity index is 280. The minimum atomic E-state index is 0.381. The third-order valence-electron chi connectivity index (χ3n) is 4.38. The topological polar surface area (TPSA) is 0 Å². The molecule has 2 aliphatic rings. The van der Waals surface area contributed by atoms with Crippen LogP contribution in [-0.4, -0.2) is 0 Å². The third-order valence-corrected chi connectivity index (χ3v) is 4.38. The van der Waals surface area contributed by atoms with Gasteiger partial charge in [-0.2, -0.15) is 0 Å². The Kier molecular flexibility index (Phi) is 1.59. The highest BCUT2D eigenvalue weighted by atomic mass is 14.7. The van der Waals surface area contributed by atoms with Gasteiger partial charge in [-0.05, 0) is 34.7 Å². The summed E-state index contributed by atoms with van der Waals surface area (Å²) in [6.07, 6.45) is 5.95. The number of allylic oxidation sites excluding steroid dienone is 3. The molecule has 72 valence electrons. The van der Waals surface area contributed by atoms with Gasteiger partial charge < -0.3 is 0 Å². The van der Waals surface area contributed by atoms with Crippen LogP contribution in [0.15, 0.2) is 24.3 Å². The monoisotopic (exact) mass is 176 g/mol. The second-order valence-electron chi connectivity index (χ2n) is 5.55. The summed E-state index contributed by atoms with van der Waals surface area (Å²) in [7, 11) is 0. The Hall–Kier alpha value is -0.520. The zero-order chi connectivity index (χ0) is 9.85. The SMILES string of the molecule is C=CC1=C[C@]2(C(C)C)C[C@H]2C1(C)C. The summed E-state index contributed by atoms with van der Waals surface area (Å²) in [4.78, 5) is 0. The molecule has 0 aromatic heterocycles. The van der Waals surface area contributed by atoms with Crippen LogP contribution in [0.3, 0.4) is 0 Å². The predicted octanol–water partition coefficient (Wildman–Crippen LogP) is 3.80. The second-order valence-corrected chi connectivity index (χ2v) is 5.55. The number of rotatable bonds is 2. The van der Waals surface area contributed by atoms with Crippen molar-refractivity contribution in [2.45, 2.75) is 34.1 Å². The molecular formula is C13H20. The van der Waals surface area contributed by atoms with Gasteiger partial charge in [-0.15, -0.1) is 0 Å². The molecule has 0 unspecified atom stereocenters. The van der Waals surface area contributed by atoms with Gasteiger partial charge in [0.2, 0.25) is 0 Å². The van der Waals surface area contributed by atoms with Crippen LogP contribution in [0.4, 0.5) is 0 Å². The van der Waals surface area contributed by atoms with Crippen LogP contribution in [0.1, 0.15) is 34.1 Å². The van der Waals surface area contributed by atoms with E-state index >= 15 is 0 Å². The lowest BCUT2D eigenvalue weighted by atomic mass is 9.81. The average molecular weight is 176 g/mol. The molecule has 0 heteroatoms. The van der Waals surface area contributed by atoms with Crippen LogP contribution < -0.4 is 0 Å². The van der Waals surface area contributed by atoms with Crippen molar-refractivity contribution in [1.29, 1.82) is 0 Å². The quantitative estimate of drug-likeness (QED) is 0.600. The predicted molar refractivity (Wildman–Crippen MR) is 57.4 cm³/mol. The van der Waals surface area contributed by atoms with E-state index < -0.39 is 0 Å². The molecule has 0 N–H and O–H groups in total. The standard InChI is InChI=1S/C13H20/c1-6-10-7-13(9(2)3)8-11(13)12(10,4)5/h6-7,9,11H,1,8H2,2-5H3/t11-,13+/m0/s1. The number of hydrogen-bond acceptors (Lipinski definition) is 0. The van der Waals surface area contributed by atoms with Crippen molar-refractivity contribution >= 4 is 0 Å². The van der Waals surface area contributed by atoms with Gasteiger partial charge in [0.05, 0.1) is 0 Å². The normalized spacial score (nSPS) is 40.1. The molecule has 2 aliphatic carbocycles. The van der Waals surface area contributed by atoms with Crippen molar-refractivity contribution in [3.63, 3.8) is 0 Å². The summed E-state index contributed by atoms with van der Waals surface area (Å²) in [6, 6.07) is 0. The van der Waals surface area contributed by atoms with Crippen LogP contribution in [0.5, 0.6) is 0 Å². The lowest BCUT2D eigenvalue weighted by molar-refractivity contribution is 0.329. The Morgan fingerprint density at radius 1 is 1.54 bits per heavy atom. The van der Waals surface area contributed by atoms with Crippen LogP contribution in [0.25, 0.3) is 0 Å². The Morgan fingerprint density at radius 3 is 2.46 bits per heavy atom. The molecule has 0 saturated heterocycles. The molecule has 13 heavy (non-hydrogen) atoms. The summed E-state index contributed by atoms with van der Waals surface area (Å²) in [6.45, 7) is 13.3. The fourth-order valence-corrected chi connectivity index (χ4v) is 3.18. The van der Waals surface area contributed by atoms with E-state index in [-0.39, 0.29) is 0 Å². The number of fused-ring (bicyclic) bond motifs is 1. The molecule has 1 fully saturated rings. The van der Waals surface area contributed by atoms with E-state index in [1.807, 2.05) is 0 Å². The van der Waals surface area contributed by atoms with E-state index in [9.17, 15) is 0 Å². The van der Waals surface area contributed by atoms with Gasteiger partial charge in [0.25, 0.3) is 0 Å². The molecule has 0 radical (unpaired) electrons. The molecule has 0 aliphatic heterocycles. The number of hydrogen-bond donors (Lipinski definition) is 0. The first-order valence-corrected chi connectivity index (χ1v) is 5.31. The smallest absolute Gasteiger partial charge is 0.00491 e. The van der Waals surface area contributed by atoms with Gasteiger partial charge in [0.15, 0.2) is 0 Å². The highest BCUT2D eigenvalue weighted by Gasteiger charge is 2.64. The first kappa shape index (κ1) is 9.05. The first-order chi connectivity index (χ1) is 5.95. The Morgan fingerprint density at radius 2 is 2.15 bits per heavy atom. The first-order valence-electron chi connectivity index (χ1n) is 5.31. The average Bonchev–Trinajstić information content (AvgIpc) is 2.71. The van der Waals surface area contributed by atoms with Gasteiger partial charge in [-0.1, -0.05) is 46.4 Å². The molecule has 0 amide bonds. The molecule has 1 saturated carbocycles. The lowest BCUT2D eigenvalue weighted by Gasteiger charge is -2.22.